The fourth-order valence-corrected chi connectivity index (χ4v) is 2.07. The van der Waals surface area contributed by atoms with Crippen LogP contribution in [0, 0.1) is 6.92 Å². The first kappa shape index (κ1) is 14.3. The Bertz CT molecular complexity index is 538. The van der Waals surface area contributed by atoms with Crippen molar-refractivity contribution in [1.82, 2.24) is 0 Å². The molecule has 0 atom stereocenters. The highest BCUT2D eigenvalue weighted by Crippen LogP contribution is 2.27. The Morgan fingerprint density at radius 1 is 0.850 bits per heavy atom. The molecule has 0 aliphatic heterocycles. The largest absolute Gasteiger partial charge is 0.490 e. The van der Waals surface area contributed by atoms with Crippen molar-refractivity contribution >= 4 is 5.69 Å². The lowest BCUT2D eigenvalue weighted by molar-refractivity contribution is 0.216. The molecule has 0 unspecified atom stereocenters. The molecule has 106 valence electrons. The summed E-state index contributed by atoms with van der Waals surface area (Å²) in [4.78, 5) is 2.09. The van der Waals surface area contributed by atoms with Crippen molar-refractivity contribution in [2.75, 3.05) is 32.2 Å². The monoisotopic (exact) mass is 271 g/mol. The molecular formula is C17H21NO2. The van der Waals surface area contributed by atoms with Crippen LogP contribution >= 0.6 is 0 Å². The van der Waals surface area contributed by atoms with Crippen LogP contribution in [0.3, 0.4) is 0 Å². The van der Waals surface area contributed by atoms with Crippen LogP contribution in [-0.4, -0.2) is 27.3 Å². The van der Waals surface area contributed by atoms with E-state index in [1.54, 1.807) is 0 Å². The van der Waals surface area contributed by atoms with Crippen molar-refractivity contribution < 1.29 is 9.47 Å². The van der Waals surface area contributed by atoms with Crippen LogP contribution in [0.2, 0.25) is 0 Å². The topological polar surface area (TPSA) is 21.7 Å². The van der Waals surface area contributed by atoms with Crippen molar-refractivity contribution in [2.45, 2.75) is 6.92 Å². The third-order valence-electron chi connectivity index (χ3n) is 3.09. The third-order valence-corrected chi connectivity index (χ3v) is 3.09. The van der Waals surface area contributed by atoms with Crippen LogP contribution in [0.5, 0.6) is 11.5 Å². The Labute approximate surface area is 120 Å². The van der Waals surface area contributed by atoms with Gasteiger partial charge >= 0.3 is 0 Å². The molecule has 2 aromatic rings. The van der Waals surface area contributed by atoms with Gasteiger partial charge < -0.3 is 14.4 Å². The normalized spacial score (nSPS) is 10.2. The molecule has 0 saturated carbocycles. The van der Waals surface area contributed by atoms with E-state index >= 15 is 0 Å². The molecule has 0 aliphatic carbocycles. The molecule has 2 rings (SSSR count). The van der Waals surface area contributed by atoms with E-state index in [0.717, 1.165) is 17.1 Å². The van der Waals surface area contributed by atoms with Gasteiger partial charge in [-0.1, -0.05) is 24.3 Å². The van der Waals surface area contributed by atoms with E-state index in [9.17, 15) is 0 Å². The SMILES string of the molecule is Cc1c(OCCOc2ccccc2)cccc1N(C)C. The maximum Gasteiger partial charge on any atom is 0.124 e. The predicted octanol–water partition coefficient (Wildman–Crippen LogP) is 3.52. The van der Waals surface area contributed by atoms with Gasteiger partial charge in [-0.15, -0.1) is 0 Å². The number of ether oxygens (including phenoxy) is 2. The lowest BCUT2D eigenvalue weighted by atomic mass is 10.1. The fourth-order valence-electron chi connectivity index (χ4n) is 2.07. The zero-order valence-electron chi connectivity index (χ0n) is 12.3. The Morgan fingerprint density at radius 3 is 2.25 bits per heavy atom. The zero-order chi connectivity index (χ0) is 14.4. The molecule has 0 heterocycles. The van der Waals surface area contributed by atoms with Crippen molar-refractivity contribution in [3.8, 4) is 11.5 Å². The van der Waals surface area contributed by atoms with E-state index in [1.165, 1.54) is 5.69 Å². The molecule has 3 heteroatoms. The van der Waals surface area contributed by atoms with Crippen LogP contribution < -0.4 is 14.4 Å². The lowest BCUT2D eigenvalue weighted by Crippen LogP contribution is -2.13. The molecular weight excluding hydrogens is 250 g/mol. The minimum Gasteiger partial charge on any atom is -0.490 e. The summed E-state index contributed by atoms with van der Waals surface area (Å²) < 4.78 is 11.4. The van der Waals surface area contributed by atoms with E-state index in [-0.39, 0.29) is 0 Å². The average molecular weight is 271 g/mol. The Morgan fingerprint density at radius 2 is 1.55 bits per heavy atom. The molecule has 3 nitrogen and oxygen atoms in total. The highest BCUT2D eigenvalue weighted by molar-refractivity contribution is 5.57. The molecule has 20 heavy (non-hydrogen) atoms. The summed E-state index contributed by atoms with van der Waals surface area (Å²) >= 11 is 0. The number of anilines is 1. The number of nitrogens with zero attached hydrogens (tertiary/aromatic N) is 1. The van der Waals surface area contributed by atoms with Crippen molar-refractivity contribution in [3.05, 3.63) is 54.1 Å². The second-order valence-corrected chi connectivity index (χ2v) is 4.80. The molecule has 0 radical (unpaired) electrons. The number of rotatable bonds is 6. The molecule has 0 spiro atoms. The van der Waals surface area contributed by atoms with Gasteiger partial charge in [0.2, 0.25) is 0 Å². The van der Waals surface area contributed by atoms with E-state index in [0.29, 0.717) is 13.2 Å². The zero-order valence-corrected chi connectivity index (χ0v) is 12.3. The molecule has 0 fully saturated rings. The van der Waals surface area contributed by atoms with Gasteiger partial charge in [0.1, 0.15) is 24.7 Å². The molecule has 0 N–H and O–H groups in total. The number of hydrogen-bond donors (Lipinski definition) is 0. The van der Waals surface area contributed by atoms with Crippen molar-refractivity contribution in [3.63, 3.8) is 0 Å². The fraction of sp³-hybridized carbons (Fsp3) is 0.294. The molecule has 0 saturated heterocycles. The quantitative estimate of drug-likeness (QED) is 0.750. The minimum atomic E-state index is 0.534. The standard InChI is InChI=1S/C17H21NO2/c1-14-16(18(2)3)10-7-11-17(14)20-13-12-19-15-8-5-4-6-9-15/h4-11H,12-13H2,1-3H3. The minimum absolute atomic E-state index is 0.534. The third kappa shape index (κ3) is 3.67. The summed E-state index contributed by atoms with van der Waals surface area (Å²) in [6.45, 7) is 3.14. The Hall–Kier alpha value is -2.16. The van der Waals surface area contributed by atoms with Gasteiger partial charge in [-0.3, -0.25) is 0 Å². The Balaban J connectivity index is 1.87. The summed E-state index contributed by atoms with van der Waals surface area (Å²) in [7, 11) is 4.06. The molecule has 2 aromatic carbocycles. The maximum absolute atomic E-state index is 5.80. The van der Waals surface area contributed by atoms with Crippen molar-refractivity contribution in [2.24, 2.45) is 0 Å². The maximum atomic E-state index is 5.80. The van der Waals surface area contributed by atoms with Gasteiger partial charge in [-0.05, 0) is 31.2 Å². The van der Waals surface area contributed by atoms with Gasteiger partial charge in [-0.25, -0.2) is 0 Å². The van der Waals surface area contributed by atoms with Crippen LogP contribution in [0.4, 0.5) is 5.69 Å². The molecule has 0 aromatic heterocycles. The van der Waals surface area contributed by atoms with Crippen LogP contribution in [-0.2, 0) is 0 Å². The first-order valence-electron chi connectivity index (χ1n) is 6.76. The van der Waals surface area contributed by atoms with Gasteiger partial charge in [0, 0.05) is 25.3 Å². The smallest absolute Gasteiger partial charge is 0.124 e. The van der Waals surface area contributed by atoms with Gasteiger partial charge in [0.05, 0.1) is 0 Å². The van der Waals surface area contributed by atoms with Crippen molar-refractivity contribution in [1.29, 1.82) is 0 Å². The van der Waals surface area contributed by atoms with E-state index in [4.69, 9.17) is 9.47 Å². The summed E-state index contributed by atoms with van der Waals surface area (Å²) in [5.41, 5.74) is 2.32. The van der Waals surface area contributed by atoms with Gasteiger partial charge in [0.25, 0.3) is 0 Å². The van der Waals surface area contributed by atoms with E-state index in [1.807, 2.05) is 56.6 Å². The first-order chi connectivity index (χ1) is 9.68. The lowest BCUT2D eigenvalue weighted by Gasteiger charge is -2.18. The van der Waals surface area contributed by atoms with E-state index in [2.05, 4.69) is 17.9 Å². The molecule has 0 bridgehead atoms. The molecule has 0 amide bonds. The summed E-state index contributed by atoms with van der Waals surface area (Å²) in [6.07, 6.45) is 0. The first-order valence-corrected chi connectivity index (χ1v) is 6.76. The number of benzene rings is 2. The average Bonchev–Trinajstić information content (AvgIpc) is 2.46. The van der Waals surface area contributed by atoms with Crippen LogP contribution in [0.25, 0.3) is 0 Å². The van der Waals surface area contributed by atoms with E-state index < -0.39 is 0 Å². The van der Waals surface area contributed by atoms with Gasteiger partial charge in [0.15, 0.2) is 0 Å². The van der Waals surface area contributed by atoms with Gasteiger partial charge in [-0.2, -0.15) is 0 Å². The predicted molar refractivity (Wildman–Crippen MR) is 82.9 cm³/mol. The highest BCUT2D eigenvalue weighted by atomic mass is 16.5. The Kier molecular flexibility index (Phi) is 4.88. The summed E-state index contributed by atoms with van der Waals surface area (Å²) in [6, 6.07) is 15.9. The molecule has 0 aliphatic rings. The van der Waals surface area contributed by atoms with Crippen LogP contribution in [0.1, 0.15) is 5.56 Å². The second-order valence-electron chi connectivity index (χ2n) is 4.80. The number of hydrogen-bond acceptors (Lipinski definition) is 3. The second kappa shape index (κ2) is 6.85. The summed E-state index contributed by atoms with van der Waals surface area (Å²) in [5.74, 6) is 1.78. The number of para-hydroxylation sites is 1. The van der Waals surface area contributed by atoms with Crippen LogP contribution in [0.15, 0.2) is 48.5 Å². The summed E-state index contributed by atoms with van der Waals surface area (Å²) in [5, 5.41) is 0. The highest BCUT2D eigenvalue weighted by Gasteiger charge is 2.06.